The van der Waals surface area contributed by atoms with Gasteiger partial charge in [0.05, 0.1) is 16.8 Å². The molecule has 0 heterocycles. The lowest BCUT2D eigenvalue weighted by Gasteiger charge is -2.11. The molecule has 0 radical (unpaired) electrons. The van der Waals surface area contributed by atoms with Crippen LogP contribution in [0.4, 0.5) is 5.69 Å². The second kappa shape index (κ2) is 4.22. The summed E-state index contributed by atoms with van der Waals surface area (Å²) in [5.41, 5.74) is 5.04. The van der Waals surface area contributed by atoms with E-state index in [2.05, 4.69) is 0 Å². The minimum atomic E-state index is -1.24. The fraction of sp³-hybridized carbons (Fsp3) is 0.273. The molecule has 86 valence electrons. The summed E-state index contributed by atoms with van der Waals surface area (Å²) < 4.78 is 0. The van der Waals surface area contributed by atoms with Crippen LogP contribution in [0.2, 0.25) is 0 Å². The number of carbonyl (C=O) groups excluding carboxylic acids is 1. The van der Waals surface area contributed by atoms with Gasteiger partial charge in [0, 0.05) is 5.92 Å². The van der Waals surface area contributed by atoms with Gasteiger partial charge in [-0.25, -0.2) is 4.79 Å². The third-order valence-corrected chi connectivity index (χ3v) is 2.22. The van der Waals surface area contributed by atoms with Crippen LogP contribution < -0.4 is 5.73 Å². The topological polar surface area (TPSA) is 101 Å². The molecular formula is C11H13NO4. The van der Waals surface area contributed by atoms with E-state index in [1.165, 1.54) is 6.07 Å². The maximum absolute atomic E-state index is 11.8. The minimum Gasteiger partial charge on any atom is -0.506 e. The molecule has 0 spiro atoms. The van der Waals surface area contributed by atoms with Crippen molar-refractivity contribution in [2.75, 3.05) is 5.73 Å². The highest BCUT2D eigenvalue weighted by molar-refractivity contribution is 6.11. The number of benzene rings is 1. The average Bonchev–Trinajstić information content (AvgIpc) is 2.20. The molecule has 0 aliphatic carbocycles. The number of anilines is 1. The van der Waals surface area contributed by atoms with Crippen molar-refractivity contribution in [2.45, 2.75) is 13.8 Å². The number of carbonyl (C=O) groups is 2. The van der Waals surface area contributed by atoms with Gasteiger partial charge in [0.15, 0.2) is 5.78 Å². The van der Waals surface area contributed by atoms with E-state index < -0.39 is 11.8 Å². The van der Waals surface area contributed by atoms with Crippen LogP contribution in [0.1, 0.15) is 34.6 Å². The normalized spacial score (nSPS) is 10.4. The zero-order chi connectivity index (χ0) is 12.5. The summed E-state index contributed by atoms with van der Waals surface area (Å²) in [4.78, 5) is 22.7. The lowest BCUT2D eigenvalue weighted by atomic mass is 9.94. The van der Waals surface area contributed by atoms with E-state index in [9.17, 15) is 14.7 Å². The third-order valence-electron chi connectivity index (χ3n) is 2.22. The molecular weight excluding hydrogens is 210 g/mol. The summed E-state index contributed by atoms with van der Waals surface area (Å²) in [6.07, 6.45) is 0. The third kappa shape index (κ3) is 1.98. The van der Waals surface area contributed by atoms with Crippen LogP contribution in [-0.4, -0.2) is 22.0 Å². The number of aromatic hydroxyl groups is 1. The Bertz CT molecular complexity index is 452. The molecule has 1 aromatic rings. The molecule has 16 heavy (non-hydrogen) atoms. The van der Waals surface area contributed by atoms with Crippen molar-refractivity contribution in [1.29, 1.82) is 0 Å². The van der Waals surface area contributed by atoms with Crippen molar-refractivity contribution in [3.05, 3.63) is 23.3 Å². The smallest absolute Gasteiger partial charge is 0.336 e. The van der Waals surface area contributed by atoms with Crippen LogP contribution in [0, 0.1) is 5.92 Å². The van der Waals surface area contributed by atoms with Gasteiger partial charge < -0.3 is 15.9 Å². The van der Waals surface area contributed by atoms with E-state index in [0.717, 1.165) is 6.07 Å². The number of ketones is 1. The van der Waals surface area contributed by atoms with Gasteiger partial charge in [0.1, 0.15) is 5.75 Å². The van der Waals surface area contributed by atoms with Gasteiger partial charge >= 0.3 is 5.97 Å². The van der Waals surface area contributed by atoms with Crippen molar-refractivity contribution >= 4 is 17.4 Å². The predicted molar refractivity (Wildman–Crippen MR) is 58.6 cm³/mol. The lowest BCUT2D eigenvalue weighted by Crippen LogP contribution is -2.16. The van der Waals surface area contributed by atoms with E-state index >= 15 is 0 Å². The van der Waals surface area contributed by atoms with Crippen LogP contribution in [0.15, 0.2) is 12.1 Å². The van der Waals surface area contributed by atoms with E-state index in [1.807, 2.05) is 0 Å². The number of nitrogens with two attached hydrogens (primary N) is 1. The molecule has 0 bridgehead atoms. The molecule has 5 nitrogen and oxygen atoms in total. The van der Waals surface area contributed by atoms with Crippen LogP contribution >= 0.6 is 0 Å². The van der Waals surface area contributed by atoms with Gasteiger partial charge in [-0.3, -0.25) is 4.79 Å². The Morgan fingerprint density at radius 2 is 1.88 bits per heavy atom. The first kappa shape index (κ1) is 12.0. The summed E-state index contributed by atoms with van der Waals surface area (Å²) in [7, 11) is 0. The Morgan fingerprint density at radius 1 is 1.31 bits per heavy atom. The summed E-state index contributed by atoms with van der Waals surface area (Å²) in [6.45, 7) is 3.27. The molecule has 0 aromatic heterocycles. The number of aromatic carboxylic acids is 1. The summed E-state index contributed by atoms with van der Waals surface area (Å²) in [5, 5.41) is 18.3. The van der Waals surface area contributed by atoms with Crippen molar-refractivity contribution in [1.82, 2.24) is 0 Å². The molecule has 1 aromatic carbocycles. The maximum atomic E-state index is 11.8. The van der Waals surface area contributed by atoms with Gasteiger partial charge in [0.25, 0.3) is 0 Å². The molecule has 0 aliphatic heterocycles. The number of rotatable bonds is 3. The summed E-state index contributed by atoms with van der Waals surface area (Å²) in [5.74, 6) is -2.31. The Balaban J connectivity index is 3.49. The zero-order valence-corrected chi connectivity index (χ0v) is 9.02. The van der Waals surface area contributed by atoms with Gasteiger partial charge in [-0.15, -0.1) is 0 Å². The summed E-state index contributed by atoms with van der Waals surface area (Å²) in [6, 6.07) is 2.33. The van der Waals surface area contributed by atoms with Crippen LogP contribution in [-0.2, 0) is 0 Å². The number of phenols is 1. The van der Waals surface area contributed by atoms with Crippen molar-refractivity contribution in [2.24, 2.45) is 5.92 Å². The monoisotopic (exact) mass is 223 g/mol. The fourth-order valence-electron chi connectivity index (χ4n) is 1.34. The molecule has 0 unspecified atom stereocenters. The zero-order valence-electron chi connectivity index (χ0n) is 9.02. The van der Waals surface area contributed by atoms with E-state index in [0.29, 0.717) is 0 Å². The molecule has 0 saturated heterocycles. The molecule has 0 saturated carbocycles. The maximum Gasteiger partial charge on any atom is 0.336 e. The van der Waals surface area contributed by atoms with Crippen molar-refractivity contribution in [3.8, 4) is 5.75 Å². The van der Waals surface area contributed by atoms with Crippen molar-refractivity contribution in [3.63, 3.8) is 0 Å². The highest BCUT2D eigenvalue weighted by Gasteiger charge is 2.23. The van der Waals surface area contributed by atoms with E-state index in [4.69, 9.17) is 10.8 Å². The van der Waals surface area contributed by atoms with Gasteiger partial charge in [-0.1, -0.05) is 13.8 Å². The Kier molecular flexibility index (Phi) is 3.17. The number of hydrogen-bond acceptors (Lipinski definition) is 4. The number of Topliss-reactive ketones (excluding diaryl/α,β-unsaturated/α-hetero) is 1. The molecule has 5 heteroatoms. The first-order valence-electron chi connectivity index (χ1n) is 4.75. The first-order chi connectivity index (χ1) is 7.36. The fourth-order valence-corrected chi connectivity index (χ4v) is 1.34. The van der Waals surface area contributed by atoms with Gasteiger partial charge in [-0.2, -0.15) is 0 Å². The summed E-state index contributed by atoms with van der Waals surface area (Å²) >= 11 is 0. The van der Waals surface area contributed by atoms with Crippen LogP contribution in [0.25, 0.3) is 0 Å². The quantitative estimate of drug-likeness (QED) is 0.409. The predicted octanol–water partition coefficient (Wildman–Crippen LogP) is 1.51. The van der Waals surface area contributed by atoms with Crippen molar-refractivity contribution < 1.29 is 19.8 Å². The van der Waals surface area contributed by atoms with E-state index in [-0.39, 0.29) is 28.5 Å². The molecule has 4 N–H and O–H groups in total. The second-order valence-corrected chi connectivity index (χ2v) is 3.75. The minimum absolute atomic E-state index is 0.123. The second-order valence-electron chi connectivity index (χ2n) is 3.75. The number of carboxylic acids is 1. The molecule has 0 aliphatic rings. The number of carboxylic acid groups (broad SMARTS) is 1. The molecule has 0 atom stereocenters. The number of hydrogen-bond donors (Lipinski definition) is 3. The first-order valence-corrected chi connectivity index (χ1v) is 4.75. The SMILES string of the molecule is CC(C)C(=O)c1c(C(=O)O)ccc(O)c1N. The number of phenolic OH excluding ortho intramolecular Hbond substituents is 1. The van der Waals surface area contributed by atoms with Crippen LogP contribution in [0.3, 0.4) is 0 Å². The van der Waals surface area contributed by atoms with Gasteiger partial charge in [-0.05, 0) is 12.1 Å². The molecule has 0 fully saturated rings. The highest BCUT2D eigenvalue weighted by Crippen LogP contribution is 2.29. The number of nitrogen functional groups attached to an aromatic ring is 1. The largest absolute Gasteiger partial charge is 0.506 e. The Labute approximate surface area is 92.5 Å². The molecule has 0 amide bonds. The highest BCUT2D eigenvalue weighted by atomic mass is 16.4. The lowest BCUT2D eigenvalue weighted by molar-refractivity contribution is 0.0691. The molecule has 1 rings (SSSR count). The average molecular weight is 223 g/mol. The Morgan fingerprint density at radius 3 is 2.31 bits per heavy atom. The van der Waals surface area contributed by atoms with Gasteiger partial charge in [0.2, 0.25) is 0 Å². The van der Waals surface area contributed by atoms with Crippen LogP contribution in [0.5, 0.6) is 5.75 Å². The standard InChI is InChI=1S/C11H13NO4/c1-5(2)10(14)8-6(11(15)16)3-4-7(13)9(8)12/h3-5,13H,12H2,1-2H3,(H,15,16). The van der Waals surface area contributed by atoms with E-state index in [1.54, 1.807) is 13.8 Å². The Hall–Kier alpha value is -2.04.